The number of nitrogens with zero attached hydrogens (tertiary/aromatic N) is 2. The molecule has 172 valence electrons. The van der Waals surface area contributed by atoms with Gasteiger partial charge in [0.2, 0.25) is 5.60 Å². The number of rotatable bonds is 3. The first-order chi connectivity index (χ1) is 15.3. The SMILES string of the molecule is Cc1cc(C(C)(C)C)cc(C)c1C(O)(c1ccc2c(cnn2-c2ccccc2)c1)C(F)(F)F. The van der Waals surface area contributed by atoms with Gasteiger partial charge in [-0.15, -0.1) is 0 Å². The van der Waals surface area contributed by atoms with Crippen LogP contribution >= 0.6 is 0 Å². The number of benzene rings is 3. The number of aliphatic hydroxyl groups is 1. The first-order valence-electron chi connectivity index (χ1n) is 10.8. The number of aryl methyl sites for hydroxylation is 2. The zero-order chi connectivity index (χ0) is 24.2. The smallest absolute Gasteiger partial charge is 0.372 e. The average Bonchev–Trinajstić information content (AvgIpc) is 3.15. The van der Waals surface area contributed by atoms with E-state index in [-0.39, 0.29) is 16.5 Å². The zero-order valence-electron chi connectivity index (χ0n) is 19.3. The lowest BCUT2D eigenvalue weighted by Gasteiger charge is -2.35. The van der Waals surface area contributed by atoms with Crippen molar-refractivity contribution in [2.45, 2.75) is 51.8 Å². The van der Waals surface area contributed by atoms with Gasteiger partial charge in [-0.2, -0.15) is 18.3 Å². The van der Waals surface area contributed by atoms with Crippen LogP contribution in [0.3, 0.4) is 0 Å². The summed E-state index contributed by atoms with van der Waals surface area (Å²) in [7, 11) is 0. The lowest BCUT2D eigenvalue weighted by atomic mass is 9.77. The maximum Gasteiger partial charge on any atom is 0.425 e. The molecule has 1 aromatic heterocycles. The van der Waals surface area contributed by atoms with E-state index < -0.39 is 11.8 Å². The van der Waals surface area contributed by atoms with Crippen LogP contribution in [-0.4, -0.2) is 21.1 Å². The van der Waals surface area contributed by atoms with Crippen molar-refractivity contribution in [3.8, 4) is 5.69 Å². The van der Waals surface area contributed by atoms with E-state index in [1.165, 1.54) is 18.3 Å². The molecule has 1 N–H and O–H groups in total. The second-order valence-electron chi connectivity index (χ2n) is 9.61. The third kappa shape index (κ3) is 3.82. The van der Waals surface area contributed by atoms with Gasteiger partial charge in [0.15, 0.2) is 0 Å². The maximum absolute atomic E-state index is 14.6. The lowest BCUT2D eigenvalue weighted by molar-refractivity contribution is -0.248. The summed E-state index contributed by atoms with van der Waals surface area (Å²) in [5, 5.41) is 16.2. The van der Waals surface area contributed by atoms with Crippen LogP contribution in [0.25, 0.3) is 16.6 Å². The molecule has 1 unspecified atom stereocenters. The molecule has 4 rings (SSSR count). The summed E-state index contributed by atoms with van der Waals surface area (Å²) in [4.78, 5) is 0. The molecule has 3 aromatic carbocycles. The number of aromatic nitrogens is 2. The Morgan fingerprint density at radius 1 is 0.818 bits per heavy atom. The molecule has 0 radical (unpaired) electrons. The van der Waals surface area contributed by atoms with E-state index in [9.17, 15) is 18.3 Å². The maximum atomic E-state index is 14.6. The average molecular weight is 453 g/mol. The Balaban J connectivity index is 1.92. The standard InChI is InChI=1S/C27H27F3N2O/c1-17-13-21(25(3,4)5)14-18(2)24(17)26(33,27(28,29)30)20-11-12-23-19(15-20)16-31-32(23)22-9-7-6-8-10-22/h6-16,33H,1-5H3. The van der Waals surface area contributed by atoms with Gasteiger partial charge in [0.25, 0.3) is 0 Å². The first-order valence-corrected chi connectivity index (χ1v) is 10.8. The monoisotopic (exact) mass is 452 g/mol. The molecule has 33 heavy (non-hydrogen) atoms. The summed E-state index contributed by atoms with van der Waals surface area (Å²) in [6.45, 7) is 9.28. The number of halogens is 3. The number of alkyl halides is 3. The summed E-state index contributed by atoms with van der Waals surface area (Å²) in [6, 6.07) is 17.1. The van der Waals surface area contributed by atoms with Crippen molar-refractivity contribution in [2.75, 3.05) is 0 Å². The van der Waals surface area contributed by atoms with E-state index in [4.69, 9.17) is 0 Å². The van der Waals surface area contributed by atoms with Crippen LogP contribution in [0.5, 0.6) is 0 Å². The van der Waals surface area contributed by atoms with Crippen molar-refractivity contribution in [1.29, 1.82) is 0 Å². The number of hydrogen-bond acceptors (Lipinski definition) is 2. The van der Waals surface area contributed by atoms with Crippen molar-refractivity contribution in [3.05, 3.63) is 94.7 Å². The predicted molar refractivity (Wildman–Crippen MR) is 125 cm³/mol. The van der Waals surface area contributed by atoms with Gasteiger partial charge in [-0.3, -0.25) is 0 Å². The molecule has 0 aliphatic rings. The summed E-state index contributed by atoms with van der Waals surface area (Å²) >= 11 is 0. The fraction of sp³-hybridized carbons (Fsp3) is 0.296. The predicted octanol–water partition coefficient (Wildman–Crippen LogP) is 6.74. The molecule has 6 heteroatoms. The van der Waals surface area contributed by atoms with Crippen LogP contribution in [0.4, 0.5) is 13.2 Å². The molecular formula is C27H27F3N2O. The zero-order valence-corrected chi connectivity index (χ0v) is 19.3. The number of para-hydroxylation sites is 1. The second kappa shape index (κ2) is 7.73. The third-order valence-electron chi connectivity index (χ3n) is 6.16. The van der Waals surface area contributed by atoms with Crippen molar-refractivity contribution in [1.82, 2.24) is 9.78 Å². The molecule has 0 amide bonds. The van der Waals surface area contributed by atoms with E-state index >= 15 is 0 Å². The highest BCUT2D eigenvalue weighted by Gasteiger charge is 2.57. The Morgan fingerprint density at radius 2 is 1.42 bits per heavy atom. The number of hydrogen-bond donors (Lipinski definition) is 1. The quantitative estimate of drug-likeness (QED) is 0.374. The van der Waals surface area contributed by atoms with E-state index in [0.717, 1.165) is 11.3 Å². The third-order valence-corrected chi connectivity index (χ3v) is 6.16. The van der Waals surface area contributed by atoms with Gasteiger partial charge in [0.05, 0.1) is 17.4 Å². The molecule has 0 bridgehead atoms. The normalized spacial score (nSPS) is 14.5. The minimum atomic E-state index is -4.92. The van der Waals surface area contributed by atoms with E-state index in [1.807, 2.05) is 51.1 Å². The van der Waals surface area contributed by atoms with Crippen molar-refractivity contribution < 1.29 is 18.3 Å². The van der Waals surface area contributed by atoms with Gasteiger partial charge in [-0.25, -0.2) is 4.68 Å². The van der Waals surface area contributed by atoms with Gasteiger partial charge >= 0.3 is 6.18 Å². The van der Waals surface area contributed by atoms with Crippen molar-refractivity contribution in [2.24, 2.45) is 0 Å². The van der Waals surface area contributed by atoms with Crippen molar-refractivity contribution >= 4 is 10.9 Å². The minimum Gasteiger partial charge on any atom is -0.372 e. The summed E-state index contributed by atoms with van der Waals surface area (Å²) in [5.41, 5.74) is -0.551. The van der Waals surface area contributed by atoms with Gasteiger partial charge in [0.1, 0.15) is 0 Å². The molecule has 3 nitrogen and oxygen atoms in total. The van der Waals surface area contributed by atoms with E-state index in [2.05, 4.69) is 5.10 Å². The molecule has 4 aromatic rings. The molecule has 1 heterocycles. The minimum absolute atomic E-state index is 0.127. The van der Waals surface area contributed by atoms with Crippen LogP contribution in [0.15, 0.2) is 66.9 Å². The first kappa shape index (κ1) is 23.1. The van der Waals surface area contributed by atoms with Gasteiger partial charge < -0.3 is 5.11 Å². The van der Waals surface area contributed by atoms with Crippen LogP contribution in [0.1, 0.15) is 48.6 Å². The molecule has 0 spiro atoms. The molecule has 0 saturated carbocycles. The highest BCUT2D eigenvalue weighted by Crippen LogP contribution is 2.47. The Labute approximate surface area is 191 Å². The number of fused-ring (bicyclic) bond motifs is 1. The largest absolute Gasteiger partial charge is 0.425 e. The summed E-state index contributed by atoms with van der Waals surface area (Å²) in [6.07, 6.45) is -3.40. The van der Waals surface area contributed by atoms with Crippen LogP contribution in [0, 0.1) is 13.8 Å². The van der Waals surface area contributed by atoms with Gasteiger partial charge in [-0.05, 0) is 65.8 Å². The van der Waals surface area contributed by atoms with Crippen molar-refractivity contribution in [3.63, 3.8) is 0 Å². The lowest BCUT2D eigenvalue weighted by Crippen LogP contribution is -2.44. The highest BCUT2D eigenvalue weighted by molar-refractivity contribution is 5.81. The van der Waals surface area contributed by atoms with Crippen LogP contribution in [-0.2, 0) is 11.0 Å². The van der Waals surface area contributed by atoms with Crippen LogP contribution < -0.4 is 0 Å². The fourth-order valence-electron chi connectivity index (χ4n) is 4.45. The molecular weight excluding hydrogens is 425 g/mol. The molecule has 0 aliphatic carbocycles. The highest BCUT2D eigenvalue weighted by atomic mass is 19.4. The Bertz CT molecular complexity index is 1290. The fourth-order valence-corrected chi connectivity index (χ4v) is 4.45. The molecule has 1 atom stereocenters. The van der Waals surface area contributed by atoms with E-state index in [0.29, 0.717) is 22.0 Å². The van der Waals surface area contributed by atoms with E-state index in [1.54, 1.807) is 36.7 Å². The van der Waals surface area contributed by atoms with Gasteiger partial charge in [0, 0.05) is 10.9 Å². The Kier molecular flexibility index (Phi) is 5.40. The molecule has 0 fully saturated rings. The van der Waals surface area contributed by atoms with Crippen LogP contribution in [0.2, 0.25) is 0 Å². The topological polar surface area (TPSA) is 38.1 Å². The summed E-state index contributed by atoms with van der Waals surface area (Å²) in [5.74, 6) is 0. The Morgan fingerprint density at radius 3 is 1.97 bits per heavy atom. The van der Waals surface area contributed by atoms with Gasteiger partial charge in [-0.1, -0.05) is 57.2 Å². The second-order valence-corrected chi connectivity index (χ2v) is 9.61. The Hall–Kier alpha value is -3.12. The summed E-state index contributed by atoms with van der Waals surface area (Å²) < 4.78 is 45.4. The molecule has 0 aliphatic heterocycles. The molecule has 0 saturated heterocycles.